The first kappa shape index (κ1) is 53.1. The molecule has 0 aliphatic carbocycles. The molecule has 3 aliphatic heterocycles. The van der Waals surface area contributed by atoms with Crippen LogP contribution in [0.5, 0.6) is 0 Å². The summed E-state index contributed by atoms with van der Waals surface area (Å²) in [6.45, 7) is 21.8. The Hall–Kier alpha value is -3.96. The second-order valence-corrected chi connectivity index (χ2v) is 16.1. The summed E-state index contributed by atoms with van der Waals surface area (Å²) in [5.41, 5.74) is 0. The monoisotopic (exact) mass is 830 g/mol. The van der Waals surface area contributed by atoms with Gasteiger partial charge in [-0.15, -0.1) is 0 Å². The standard InChI is InChI=1S/C19H33NO3.C17H29NO3.C11H17NO3/c1-3-5-6-7-8-9-10-11-15-23-19(22)17-13-12-14-20(16-17)18(21)4-2;1-4-7-9-14(5-2)13-21-17(20)15-10-8-11-18(12-15)16(19)6-3;1-3-10(13)12-6-4-5-9(8-12)7-11(14)15-2/h4,17H,2-3,5-16H2,1H3;6,14-15H,3-5,7-13H2,1-2H3;3,9H,1,4-8H2,2H3. The predicted molar refractivity (Wildman–Crippen MR) is 233 cm³/mol. The van der Waals surface area contributed by atoms with E-state index in [4.69, 9.17) is 9.47 Å². The molecular formula is C47H79N3O9. The van der Waals surface area contributed by atoms with Crippen LogP contribution in [0.1, 0.15) is 143 Å². The van der Waals surface area contributed by atoms with Gasteiger partial charge >= 0.3 is 17.9 Å². The minimum absolute atomic E-state index is 0.0513. The van der Waals surface area contributed by atoms with Crippen molar-refractivity contribution in [3.63, 3.8) is 0 Å². The van der Waals surface area contributed by atoms with E-state index >= 15 is 0 Å². The largest absolute Gasteiger partial charge is 0.469 e. The second-order valence-electron chi connectivity index (χ2n) is 16.1. The van der Waals surface area contributed by atoms with Gasteiger partial charge in [-0.3, -0.25) is 28.8 Å². The van der Waals surface area contributed by atoms with E-state index in [1.807, 2.05) is 0 Å². The molecule has 0 radical (unpaired) electrons. The van der Waals surface area contributed by atoms with Crippen LogP contribution in [-0.4, -0.2) is 110 Å². The molecule has 3 amide bonds. The van der Waals surface area contributed by atoms with Gasteiger partial charge in [-0.2, -0.15) is 0 Å². The molecule has 3 fully saturated rings. The van der Waals surface area contributed by atoms with Crippen molar-refractivity contribution in [3.8, 4) is 0 Å². The number of rotatable bonds is 22. The van der Waals surface area contributed by atoms with Crippen molar-refractivity contribution < 1.29 is 43.0 Å². The van der Waals surface area contributed by atoms with Crippen LogP contribution in [0.25, 0.3) is 0 Å². The predicted octanol–water partition coefficient (Wildman–Crippen LogP) is 8.24. The van der Waals surface area contributed by atoms with Gasteiger partial charge in [-0.1, -0.05) is 105 Å². The topological polar surface area (TPSA) is 140 Å². The molecule has 0 aromatic carbocycles. The van der Waals surface area contributed by atoms with Crippen molar-refractivity contribution in [2.75, 3.05) is 59.6 Å². The number of likely N-dealkylation sites (tertiary alicyclic amines) is 3. The molecule has 59 heavy (non-hydrogen) atoms. The number of unbranched alkanes of at least 4 members (excludes halogenated alkanes) is 8. The number of esters is 3. The van der Waals surface area contributed by atoms with Crippen LogP contribution < -0.4 is 0 Å². The number of hydrogen-bond donors (Lipinski definition) is 0. The Morgan fingerprint density at radius 1 is 0.610 bits per heavy atom. The van der Waals surface area contributed by atoms with Crippen LogP contribution in [0, 0.1) is 23.7 Å². The van der Waals surface area contributed by atoms with Gasteiger partial charge in [-0.05, 0) is 81.4 Å². The smallest absolute Gasteiger partial charge is 0.310 e. The molecule has 0 aromatic heterocycles. The second kappa shape index (κ2) is 32.8. The Labute approximate surface area is 356 Å². The van der Waals surface area contributed by atoms with Crippen LogP contribution in [0.15, 0.2) is 38.0 Å². The molecule has 0 N–H and O–H groups in total. The van der Waals surface area contributed by atoms with Crippen LogP contribution in [0.3, 0.4) is 0 Å². The average Bonchev–Trinajstić information content (AvgIpc) is 3.27. The number of piperidine rings is 3. The van der Waals surface area contributed by atoms with Gasteiger partial charge in [0.15, 0.2) is 0 Å². The van der Waals surface area contributed by atoms with Crippen LogP contribution in [-0.2, 0) is 43.0 Å². The van der Waals surface area contributed by atoms with E-state index in [1.54, 1.807) is 14.7 Å². The van der Waals surface area contributed by atoms with Crippen LogP contribution in [0.4, 0.5) is 0 Å². The van der Waals surface area contributed by atoms with Crippen molar-refractivity contribution in [1.82, 2.24) is 14.7 Å². The number of nitrogens with zero attached hydrogens (tertiary/aromatic N) is 3. The Balaban J connectivity index is 0.000000452. The quantitative estimate of drug-likeness (QED) is 0.0457. The zero-order chi connectivity index (χ0) is 43.8. The first-order valence-corrected chi connectivity index (χ1v) is 22.6. The molecule has 0 aromatic rings. The highest BCUT2D eigenvalue weighted by molar-refractivity contribution is 5.88. The van der Waals surface area contributed by atoms with Crippen LogP contribution in [0.2, 0.25) is 0 Å². The van der Waals surface area contributed by atoms with Crippen LogP contribution >= 0.6 is 0 Å². The van der Waals surface area contributed by atoms with E-state index in [0.29, 0.717) is 58.3 Å². The molecule has 0 spiro atoms. The third-order valence-electron chi connectivity index (χ3n) is 11.4. The molecule has 336 valence electrons. The molecule has 3 saturated heterocycles. The van der Waals surface area contributed by atoms with Gasteiger partial charge in [0.25, 0.3) is 0 Å². The molecular weight excluding hydrogens is 751 g/mol. The number of amides is 3. The lowest BCUT2D eigenvalue weighted by Gasteiger charge is -2.31. The minimum Gasteiger partial charge on any atom is -0.469 e. The number of carbonyl (C=O) groups excluding carboxylic acids is 6. The molecule has 0 bridgehead atoms. The maximum absolute atomic E-state index is 12.2. The summed E-state index contributed by atoms with van der Waals surface area (Å²) in [6, 6.07) is 0. The molecule has 12 heteroatoms. The summed E-state index contributed by atoms with van der Waals surface area (Å²) in [5, 5.41) is 0. The van der Waals surface area contributed by atoms with Gasteiger partial charge in [0.1, 0.15) is 0 Å². The highest BCUT2D eigenvalue weighted by Gasteiger charge is 2.30. The number of methoxy groups -OCH3 is 1. The highest BCUT2D eigenvalue weighted by Crippen LogP contribution is 2.22. The normalized spacial score (nSPS) is 19.3. The van der Waals surface area contributed by atoms with Gasteiger partial charge in [0, 0.05) is 45.7 Å². The fraction of sp³-hybridized carbons (Fsp3) is 0.745. The minimum atomic E-state index is -0.201. The Bertz CT molecular complexity index is 1290. The third-order valence-corrected chi connectivity index (χ3v) is 11.4. The molecule has 3 aliphatic rings. The van der Waals surface area contributed by atoms with Gasteiger partial charge in [0.2, 0.25) is 17.7 Å². The summed E-state index contributed by atoms with van der Waals surface area (Å²) in [6.07, 6.45) is 24.0. The zero-order valence-corrected chi connectivity index (χ0v) is 37.3. The summed E-state index contributed by atoms with van der Waals surface area (Å²) in [5.74, 6) is -0.377. The van der Waals surface area contributed by atoms with Crippen molar-refractivity contribution in [3.05, 3.63) is 38.0 Å². The number of ether oxygens (including phenoxy) is 3. The average molecular weight is 830 g/mol. The third kappa shape index (κ3) is 22.8. The van der Waals surface area contributed by atoms with Crippen molar-refractivity contribution >= 4 is 35.6 Å². The Morgan fingerprint density at radius 2 is 1.07 bits per heavy atom. The lowest BCUT2D eigenvalue weighted by atomic mass is 9.95. The molecule has 3 heterocycles. The summed E-state index contributed by atoms with van der Waals surface area (Å²) >= 11 is 0. The van der Waals surface area contributed by atoms with E-state index in [0.717, 1.165) is 70.8 Å². The van der Waals surface area contributed by atoms with E-state index in [-0.39, 0.29) is 53.4 Å². The highest BCUT2D eigenvalue weighted by atomic mass is 16.5. The van der Waals surface area contributed by atoms with Crippen molar-refractivity contribution in [1.29, 1.82) is 0 Å². The van der Waals surface area contributed by atoms with E-state index in [2.05, 4.69) is 45.2 Å². The Morgan fingerprint density at radius 3 is 1.54 bits per heavy atom. The summed E-state index contributed by atoms with van der Waals surface area (Å²) in [4.78, 5) is 75.0. The first-order chi connectivity index (χ1) is 28.5. The zero-order valence-electron chi connectivity index (χ0n) is 37.3. The van der Waals surface area contributed by atoms with Gasteiger partial charge in [-0.25, -0.2) is 0 Å². The van der Waals surface area contributed by atoms with E-state index in [1.165, 1.54) is 76.7 Å². The maximum Gasteiger partial charge on any atom is 0.310 e. The Kier molecular flexibility index (Phi) is 29.5. The SMILES string of the molecule is C=CC(=O)N1CCCC(C(=O)OCC(CC)CCCC)C1.C=CC(=O)N1CCCC(C(=O)OCCCCCCCCCC)C1.C=CC(=O)N1CCCC(CC(=O)OC)C1. The lowest BCUT2D eigenvalue weighted by molar-refractivity contribution is -0.153. The summed E-state index contributed by atoms with van der Waals surface area (Å²) < 4.78 is 15.5. The molecule has 0 saturated carbocycles. The van der Waals surface area contributed by atoms with Crippen molar-refractivity contribution in [2.24, 2.45) is 23.7 Å². The van der Waals surface area contributed by atoms with Gasteiger partial charge in [0.05, 0.1) is 32.2 Å². The maximum atomic E-state index is 12.2. The molecule has 4 atom stereocenters. The number of carbonyl (C=O) groups is 6. The number of hydrogen-bond acceptors (Lipinski definition) is 9. The molecule has 3 rings (SSSR count). The molecule has 4 unspecified atom stereocenters. The fourth-order valence-corrected chi connectivity index (χ4v) is 7.62. The van der Waals surface area contributed by atoms with E-state index < -0.39 is 0 Å². The van der Waals surface area contributed by atoms with E-state index in [9.17, 15) is 28.8 Å². The first-order valence-electron chi connectivity index (χ1n) is 22.6. The fourth-order valence-electron chi connectivity index (χ4n) is 7.62. The molecule has 12 nitrogen and oxygen atoms in total. The lowest BCUT2D eigenvalue weighted by Crippen LogP contribution is -2.42. The van der Waals surface area contributed by atoms with Gasteiger partial charge < -0.3 is 28.9 Å². The summed E-state index contributed by atoms with van der Waals surface area (Å²) in [7, 11) is 1.39. The van der Waals surface area contributed by atoms with Crippen molar-refractivity contribution in [2.45, 2.75) is 143 Å².